The average Bonchev–Trinajstić information content (AvgIpc) is 3.27. The van der Waals surface area contributed by atoms with Crippen LogP contribution in [0.4, 0.5) is 0 Å². The number of pyridine rings is 2. The summed E-state index contributed by atoms with van der Waals surface area (Å²) in [6.07, 6.45) is 7.48. The third kappa shape index (κ3) is 2.85. The van der Waals surface area contributed by atoms with Crippen molar-refractivity contribution in [2.75, 3.05) is 0 Å². The second kappa shape index (κ2) is 7.02. The number of hydrogen-bond donors (Lipinski definition) is 0. The normalized spacial score (nSPS) is 10.9. The molecule has 0 fully saturated rings. The van der Waals surface area contributed by atoms with Crippen LogP contribution >= 0.6 is 11.8 Å². The molecule has 0 unspecified atom stereocenters. The lowest BCUT2D eigenvalue weighted by Gasteiger charge is -2.06. The third-order valence-corrected chi connectivity index (χ3v) is 5.22. The summed E-state index contributed by atoms with van der Waals surface area (Å²) in [4.78, 5) is 4.05. The number of nitrogens with zero attached hydrogens (tertiary/aromatic N) is 6. The van der Waals surface area contributed by atoms with E-state index in [9.17, 15) is 5.26 Å². The maximum absolute atomic E-state index is 9.54. The SMILES string of the molecule is CCn1c(SCc2cn3ccccc3c2C#N)nnc1-c1ccncc1. The van der Waals surface area contributed by atoms with Gasteiger partial charge in [-0.25, -0.2) is 0 Å². The Morgan fingerprint density at radius 1 is 1.15 bits per heavy atom. The average molecular weight is 360 g/mol. The Morgan fingerprint density at radius 3 is 2.77 bits per heavy atom. The number of aromatic nitrogens is 5. The number of rotatable bonds is 5. The van der Waals surface area contributed by atoms with Crippen LogP contribution in [0.2, 0.25) is 0 Å². The van der Waals surface area contributed by atoms with Gasteiger partial charge in [0.25, 0.3) is 0 Å². The lowest BCUT2D eigenvalue weighted by atomic mass is 10.2. The molecule has 0 saturated carbocycles. The summed E-state index contributed by atoms with van der Waals surface area (Å²) >= 11 is 1.59. The zero-order valence-corrected chi connectivity index (χ0v) is 15.0. The molecular weight excluding hydrogens is 344 g/mol. The van der Waals surface area contributed by atoms with Crippen molar-refractivity contribution < 1.29 is 0 Å². The van der Waals surface area contributed by atoms with Gasteiger partial charge in [-0.15, -0.1) is 10.2 Å². The van der Waals surface area contributed by atoms with Gasteiger partial charge in [-0.05, 0) is 36.8 Å². The summed E-state index contributed by atoms with van der Waals surface area (Å²) in [6, 6.07) is 12.1. The van der Waals surface area contributed by atoms with Crippen molar-refractivity contribution >= 4 is 17.3 Å². The molecule has 7 heteroatoms. The molecule has 6 nitrogen and oxygen atoms in total. The second-order valence-electron chi connectivity index (χ2n) is 5.71. The molecule has 4 heterocycles. The molecule has 0 atom stereocenters. The van der Waals surface area contributed by atoms with E-state index in [4.69, 9.17) is 0 Å². The predicted molar refractivity (Wildman–Crippen MR) is 101 cm³/mol. The summed E-state index contributed by atoms with van der Waals surface area (Å²) in [5.41, 5.74) is 3.64. The van der Waals surface area contributed by atoms with Crippen molar-refractivity contribution in [2.45, 2.75) is 24.4 Å². The zero-order valence-electron chi connectivity index (χ0n) is 14.2. The lowest BCUT2D eigenvalue weighted by Crippen LogP contribution is -2.00. The predicted octanol–water partition coefficient (Wildman–Crippen LogP) is 3.78. The highest BCUT2D eigenvalue weighted by molar-refractivity contribution is 7.98. The van der Waals surface area contributed by atoms with Crippen LogP contribution < -0.4 is 0 Å². The topological polar surface area (TPSA) is 71.8 Å². The molecule has 4 aromatic rings. The van der Waals surface area contributed by atoms with Gasteiger partial charge in [0.2, 0.25) is 0 Å². The van der Waals surface area contributed by atoms with Crippen LogP contribution in [0.15, 0.2) is 60.3 Å². The van der Waals surface area contributed by atoms with E-state index in [1.807, 2.05) is 47.1 Å². The molecule has 0 spiro atoms. The van der Waals surface area contributed by atoms with E-state index >= 15 is 0 Å². The van der Waals surface area contributed by atoms with Gasteiger partial charge in [0.05, 0.1) is 11.1 Å². The summed E-state index contributed by atoms with van der Waals surface area (Å²) in [7, 11) is 0. The summed E-state index contributed by atoms with van der Waals surface area (Å²) in [6.45, 7) is 2.85. The molecule has 0 aliphatic rings. The molecule has 0 aromatic carbocycles. The van der Waals surface area contributed by atoms with E-state index in [-0.39, 0.29) is 0 Å². The Morgan fingerprint density at radius 2 is 2.00 bits per heavy atom. The van der Waals surface area contributed by atoms with Crippen LogP contribution in [0.5, 0.6) is 0 Å². The van der Waals surface area contributed by atoms with E-state index in [1.165, 1.54) is 0 Å². The molecule has 26 heavy (non-hydrogen) atoms. The summed E-state index contributed by atoms with van der Waals surface area (Å²) in [5.74, 6) is 1.50. The van der Waals surface area contributed by atoms with Crippen molar-refractivity contribution in [1.82, 2.24) is 24.1 Å². The number of thioether (sulfide) groups is 1. The number of fused-ring (bicyclic) bond motifs is 1. The van der Waals surface area contributed by atoms with Crippen molar-refractivity contribution in [2.24, 2.45) is 0 Å². The van der Waals surface area contributed by atoms with Gasteiger partial charge < -0.3 is 8.97 Å². The fourth-order valence-corrected chi connectivity index (χ4v) is 3.93. The van der Waals surface area contributed by atoms with Crippen LogP contribution in [0.1, 0.15) is 18.1 Å². The van der Waals surface area contributed by atoms with Gasteiger partial charge in [-0.3, -0.25) is 4.98 Å². The highest BCUT2D eigenvalue weighted by Crippen LogP contribution is 2.28. The van der Waals surface area contributed by atoms with Crippen LogP contribution in [0.25, 0.3) is 16.9 Å². The molecule has 0 N–H and O–H groups in total. The minimum absolute atomic E-state index is 0.666. The minimum atomic E-state index is 0.666. The molecule has 4 rings (SSSR count). The first-order valence-electron chi connectivity index (χ1n) is 8.27. The molecule has 4 aromatic heterocycles. The Kier molecular flexibility index (Phi) is 4.42. The van der Waals surface area contributed by atoms with E-state index in [2.05, 4.69) is 32.7 Å². The molecule has 0 aliphatic carbocycles. The third-order valence-electron chi connectivity index (χ3n) is 4.20. The van der Waals surface area contributed by atoms with Gasteiger partial charge in [-0.2, -0.15) is 5.26 Å². The van der Waals surface area contributed by atoms with Crippen molar-refractivity contribution in [3.8, 4) is 17.5 Å². The van der Waals surface area contributed by atoms with E-state index < -0.39 is 0 Å². The first-order valence-corrected chi connectivity index (χ1v) is 9.25. The molecular formula is C19H16N6S. The van der Waals surface area contributed by atoms with Gasteiger partial charge in [0, 0.05) is 42.6 Å². The Hall–Kier alpha value is -3.11. The monoisotopic (exact) mass is 360 g/mol. The molecule has 0 amide bonds. The van der Waals surface area contributed by atoms with Crippen LogP contribution in [-0.4, -0.2) is 24.1 Å². The number of nitriles is 1. The van der Waals surface area contributed by atoms with Gasteiger partial charge >= 0.3 is 0 Å². The maximum atomic E-state index is 9.54. The fraction of sp³-hybridized carbons (Fsp3) is 0.158. The molecule has 0 radical (unpaired) electrons. The first kappa shape index (κ1) is 16.4. The maximum Gasteiger partial charge on any atom is 0.191 e. The second-order valence-corrected chi connectivity index (χ2v) is 6.65. The van der Waals surface area contributed by atoms with Crippen LogP contribution in [-0.2, 0) is 12.3 Å². The highest BCUT2D eigenvalue weighted by atomic mass is 32.2. The Bertz CT molecular complexity index is 1090. The van der Waals surface area contributed by atoms with Gasteiger partial charge in [0.15, 0.2) is 11.0 Å². The fourth-order valence-electron chi connectivity index (χ4n) is 2.95. The van der Waals surface area contributed by atoms with E-state index in [1.54, 1.807) is 24.2 Å². The van der Waals surface area contributed by atoms with E-state index in [0.717, 1.165) is 39.7 Å². The van der Waals surface area contributed by atoms with E-state index in [0.29, 0.717) is 5.75 Å². The van der Waals surface area contributed by atoms with Crippen LogP contribution in [0.3, 0.4) is 0 Å². The molecule has 0 saturated heterocycles. The molecule has 0 bridgehead atoms. The largest absolute Gasteiger partial charge is 0.322 e. The van der Waals surface area contributed by atoms with Crippen molar-refractivity contribution in [3.63, 3.8) is 0 Å². The quantitative estimate of drug-likeness (QED) is 0.507. The minimum Gasteiger partial charge on any atom is -0.322 e. The molecule has 0 aliphatic heterocycles. The Labute approximate surface area is 155 Å². The Balaban J connectivity index is 1.63. The smallest absolute Gasteiger partial charge is 0.191 e. The zero-order chi connectivity index (χ0) is 17.9. The van der Waals surface area contributed by atoms with Crippen molar-refractivity contribution in [3.05, 3.63) is 66.2 Å². The van der Waals surface area contributed by atoms with Gasteiger partial charge in [0.1, 0.15) is 6.07 Å². The van der Waals surface area contributed by atoms with Crippen molar-refractivity contribution in [1.29, 1.82) is 5.26 Å². The number of hydrogen-bond acceptors (Lipinski definition) is 5. The molecule has 128 valence electrons. The lowest BCUT2D eigenvalue weighted by molar-refractivity contribution is 0.687. The van der Waals surface area contributed by atoms with Crippen LogP contribution in [0, 0.1) is 11.3 Å². The van der Waals surface area contributed by atoms with Gasteiger partial charge in [-0.1, -0.05) is 17.8 Å². The highest BCUT2D eigenvalue weighted by Gasteiger charge is 2.15. The first-order chi connectivity index (χ1) is 12.8. The summed E-state index contributed by atoms with van der Waals surface area (Å²) in [5, 5.41) is 19.1. The summed E-state index contributed by atoms with van der Waals surface area (Å²) < 4.78 is 4.07. The standard InChI is InChI=1S/C19H16N6S/c1-2-25-18(14-6-8-21-9-7-14)22-23-19(25)26-13-15-12-24-10-4-3-5-17(24)16(15)11-20/h3-10,12H,2,13H2,1H3.